The van der Waals surface area contributed by atoms with E-state index in [0.29, 0.717) is 6.54 Å². The number of nitrogens with zero attached hydrogens (tertiary/aromatic N) is 1. The predicted molar refractivity (Wildman–Crippen MR) is 70.3 cm³/mol. The van der Waals surface area contributed by atoms with E-state index in [1.165, 1.54) is 19.2 Å². The lowest BCUT2D eigenvalue weighted by Gasteiger charge is -2.09. The molecule has 0 saturated carbocycles. The Labute approximate surface area is 109 Å². The SMILES string of the molecule is CCCNc1c(Cl)cc(C(=O)NC)cc1[N+](=O)[O-]. The molecule has 7 heteroatoms. The van der Waals surface area contributed by atoms with Gasteiger partial charge in [0.25, 0.3) is 11.6 Å². The van der Waals surface area contributed by atoms with Gasteiger partial charge in [-0.25, -0.2) is 0 Å². The van der Waals surface area contributed by atoms with E-state index in [2.05, 4.69) is 10.6 Å². The molecule has 1 amide bonds. The van der Waals surface area contributed by atoms with E-state index in [1.54, 1.807) is 0 Å². The lowest BCUT2D eigenvalue weighted by molar-refractivity contribution is -0.384. The average Bonchev–Trinajstić information content (AvgIpc) is 2.35. The number of carbonyl (C=O) groups is 1. The molecule has 0 fully saturated rings. The Morgan fingerprint density at radius 3 is 2.67 bits per heavy atom. The van der Waals surface area contributed by atoms with Gasteiger partial charge in [-0.2, -0.15) is 0 Å². The Kier molecular flexibility index (Phi) is 4.91. The molecule has 0 aliphatic carbocycles. The molecule has 0 heterocycles. The van der Waals surface area contributed by atoms with Crippen LogP contribution in [0.4, 0.5) is 11.4 Å². The van der Waals surface area contributed by atoms with Crippen LogP contribution in [0.15, 0.2) is 12.1 Å². The first-order valence-corrected chi connectivity index (χ1v) is 5.83. The average molecular weight is 272 g/mol. The molecule has 0 radical (unpaired) electrons. The van der Waals surface area contributed by atoms with Gasteiger partial charge in [-0.05, 0) is 12.5 Å². The van der Waals surface area contributed by atoms with E-state index in [0.717, 1.165) is 6.42 Å². The van der Waals surface area contributed by atoms with Gasteiger partial charge in [0.15, 0.2) is 0 Å². The van der Waals surface area contributed by atoms with Crippen LogP contribution in [0.25, 0.3) is 0 Å². The molecule has 1 aromatic rings. The molecule has 0 atom stereocenters. The van der Waals surface area contributed by atoms with E-state index in [4.69, 9.17) is 11.6 Å². The molecular formula is C11H14ClN3O3. The van der Waals surface area contributed by atoms with Crippen molar-refractivity contribution in [1.82, 2.24) is 5.32 Å². The summed E-state index contributed by atoms with van der Waals surface area (Å²) in [7, 11) is 1.45. The summed E-state index contributed by atoms with van der Waals surface area (Å²) >= 11 is 5.97. The zero-order chi connectivity index (χ0) is 13.7. The second-order valence-corrected chi connectivity index (χ2v) is 4.02. The number of anilines is 1. The van der Waals surface area contributed by atoms with E-state index in [1.807, 2.05) is 6.92 Å². The van der Waals surface area contributed by atoms with Crippen molar-refractivity contribution >= 4 is 28.9 Å². The minimum absolute atomic E-state index is 0.163. The van der Waals surface area contributed by atoms with Crippen molar-refractivity contribution < 1.29 is 9.72 Å². The molecule has 0 bridgehead atoms. The van der Waals surface area contributed by atoms with Gasteiger partial charge in [-0.1, -0.05) is 18.5 Å². The largest absolute Gasteiger partial charge is 0.378 e. The van der Waals surface area contributed by atoms with Gasteiger partial charge in [0.2, 0.25) is 0 Å². The van der Waals surface area contributed by atoms with Gasteiger partial charge in [0.1, 0.15) is 5.69 Å². The zero-order valence-electron chi connectivity index (χ0n) is 10.1. The molecule has 6 nitrogen and oxygen atoms in total. The van der Waals surface area contributed by atoms with Crippen LogP contribution in [-0.2, 0) is 0 Å². The van der Waals surface area contributed by atoms with E-state index < -0.39 is 10.8 Å². The van der Waals surface area contributed by atoms with Crippen LogP contribution in [0.3, 0.4) is 0 Å². The maximum atomic E-state index is 11.5. The molecule has 0 spiro atoms. The maximum Gasteiger partial charge on any atom is 0.294 e. The minimum Gasteiger partial charge on any atom is -0.378 e. The molecular weight excluding hydrogens is 258 g/mol. The lowest BCUT2D eigenvalue weighted by Crippen LogP contribution is -2.18. The summed E-state index contributed by atoms with van der Waals surface area (Å²) in [5, 5.41) is 16.4. The Balaban J connectivity index is 3.26. The quantitative estimate of drug-likeness (QED) is 0.636. The standard InChI is InChI=1S/C11H14ClN3O3/c1-3-4-14-10-8(12)5-7(11(16)13-2)6-9(10)15(17)18/h5-6,14H,3-4H2,1-2H3,(H,13,16). The fraction of sp³-hybridized carbons (Fsp3) is 0.364. The van der Waals surface area contributed by atoms with Crippen LogP contribution >= 0.6 is 11.6 Å². The Hall–Kier alpha value is -1.82. The molecule has 0 unspecified atom stereocenters. The van der Waals surface area contributed by atoms with Crippen LogP contribution in [0.1, 0.15) is 23.7 Å². The molecule has 18 heavy (non-hydrogen) atoms. The number of carbonyl (C=O) groups excluding carboxylic acids is 1. The fourth-order valence-corrected chi connectivity index (χ4v) is 1.72. The molecule has 0 aliphatic heterocycles. The zero-order valence-corrected chi connectivity index (χ0v) is 10.9. The number of rotatable bonds is 5. The van der Waals surface area contributed by atoms with Gasteiger partial charge < -0.3 is 10.6 Å². The highest BCUT2D eigenvalue weighted by Gasteiger charge is 2.20. The van der Waals surface area contributed by atoms with Crippen LogP contribution in [-0.4, -0.2) is 24.4 Å². The maximum absolute atomic E-state index is 11.5. The molecule has 98 valence electrons. The Morgan fingerprint density at radius 2 is 2.17 bits per heavy atom. The molecule has 0 aromatic heterocycles. The first kappa shape index (κ1) is 14.2. The predicted octanol–water partition coefficient (Wildman–Crippen LogP) is 2.43. The normalized spacial score (nSPS) is 9.94. The lowest BCUT2D eigenvalue weighted by atomic mass is 10.1. The summed E-state index contributed by atoms with van der Waals surface area (Å²) in [4.78, 5) is 21.9. The summed E-state index contributed by atoms with van der Waals surface area (Å²) in [5.74, 6) is -0.415. The number of halogens is 1. The van der Waals surface area contributed by atoms with Crippen molar-refractivity contribution in [2.45, 2.75) is 13.3 Å². The molecule has 0 saturated heterocycles. The topological polar surface area (TPSA) is 84.3 Å². The van der Waals surface area contributed by atoms with Crippen molar-refractivity contribution in [2.24, 2.45) is 0 Å². The number of nitrogens with one attached hydrogen (secondary N) is 2. The second-order valence-electron chi connectivity index (χ2n) is 3.62. The van der Waals surface area contributed by atoms with Crippen molar-refractivity contribution in [3.8, 4) is 0 Å². The Morgan fingerprint density at radius 1 is 1.50 bits per heavy atom. The summed E-state index contributed by atoms with van der Waals surface area (Å²) in [6, 6.07) is 2.62. The summed E-state index contributed by atoms with van der Waals surface area (Å²) in [6.07, 6.45) is 0.810. The summed E-state index contributed by atoms with van der Waals surface area (Å²) in [6.45, 7) is 2.51. The number of nitro benzene ring substituents is 1. The smallest absolute Gasteiger partial charge is 0.294 e. The molecule has 1 rings (SSSR count). The number of hydrogen-bond acceptors (Lipinski definition) is 4. The van der Waals surface area contributed by atoms with Crippen LogP contribution in [0.2, 0.25) is 5.02 Å². The van der Waals surface area contributed by atoms with Gasteiger partial charge in [-0.3, -0.25) is 14.9 Å². The Bertz CT molecular complexity index is 477. The van der Waals surface area contributed by atoms with E-state index in [9.17, 15) is 14.9 Å². The first-order valence-electron chi connectivity index (χ1n) is 5.45. The number of nitro groups is 1. The van der Waals surface area contributed by atoms with Crippen LogP contribution < -0.4 is 10.6 Å². The number of hydrogen-bond donors (Lipinski definition) is 2. The third kappa shape index (κ3) is 3.10. The monoisotopic (exact) mass is 271 g/mol. The minimum atomic E-state index is -0.559. The van der Waals surface area contributed by atoms with Crippen LogP contribution in [0, 0.1) is 10.1 Å². The highest BCUT2D eigenvalue weighted by atomic mass is 35.5. The van der Waals surface area contributed by atoms with Gasteiger partial charge in [0, 0.05) is 25.2 Å². The van der Waals surface area contributed by atoms with Gasteiger partial charge >= 0.3 is 0 Å². The highest BCUT2D eigenvalue weighted by Crippen LogP contribution is 2.33. The first-order chi connectivity index (χ1) is 8.51. The van der Waals surface area contributed by atoms with E-state index in [-0.39, 0.29) is 22.0 Å². The van der Waals surface area contributed by atoms with Crippen molar-refractivity contribution in [2.75, 3.05) is 18.9 Å². The van der Waals surface area contributed by atoms with Crippen molar-refractivity contribution in [3.05, 3.63) is 32.8 Å². The van der Waals surface area contributed by atoms with Crippen molar-refractivity contribution in [3.63, 3.8) is 0 Å². The number of benzene rings is 1. The van der Waals surface area contributed by atoms with Gasteiger partial charge in [-0.15, -0.1) is 0 Å². The third-order valence-electron chi connectivity index (χ3n) is 2.31. The molecule has 2 N–H and O–H groups in total. The van der Waals surface area contributed by atoms with Gasteiger partial charge in [0.05, 0.1) is 9.95 Å². The van der Waals surface area contributed by atoms with Crippen molar-refractivity contribution in [1.29, 1.82) is 0 Å². The number of amides is 1. The second kappa shape index (κ2) is 6.20. The summed E-state index contributed by atoms with van der Waals surface area (Å²) < 4.78 is 0. The third-order valence-corrected chi connectivity index (χ3v) is 2.61. The molecule has 1 aromatic carbocycles. The van der Waals surface area contributed by atoms with E-state index >= 15 is 0 Å². The highest BCUT2D eigenvalue weighted by molar-refractivity contribution is 6.34. The summed E-state index contributed by atoms with van der Waals surface area (Å²) in [5.41, 5.74) is 0.210. The van der Waals surface area contributed by atoms with Crippen LogP contribution in [0.5, 0.6) is 0 Å². The molecule has 0 aliphatic rings. The fourth-order valence-electron chi connectivity index (χ4n) is 1.44.